The molecule has 1 rings (SSSR count). The van der Waals surface area contributed by atoms with Crippen LogP contribution in [0.25, 0.3) is 0 Å². The zero-order valence-electron chi connectivity index (χ0n) is 10.1. The third kappa shape index (κ3) is 3.58. The van der Waals surface area contributed by atoms with Gasteiger partial charge in [0.15, 0.2) is 0 Å². The Bertz CT molecular complexity index is 339. The maximum absolute atomic E-state index is 13.3. The first-order valence-electron chi connectivity index (χ1n) is 5.64. The molecule has 1 unspecified atom stereocenters. The van der Waals surface area contributed by atoms with E-state index < -0.39 is 0 Å². The SMILES string of the molecule is Cc1ccc(CNC(CO)C(C)C)cc1F. The molecule has 0 saturated heterocycles. The number of nitrogens with one attached hydrogen (secondary N) is 1. The summed E-state index contributed by atoms with van der Waals surface area (Å²) < 4.78 is 13.3. The molecule has 0 saturated carbocycles. The maximum atomic E-state index is 13.3. The van der Waals surface area contributed by atoms with Crippen molar-refractivity contribution in [3.63, 3.8) is 0 Å². The van der Waals surface area contributed by atoms with E-state index in [1.807, 2.05) is 19.9 Å². The maximum Gasteiger partial charge on any atom is 0.126 e. The summed E-state index contributed by atoms with van der Waals surface area (Å²) in [7, 11) is 0. The van der Waals surface area contributed by atoms with Crippen molar-refractivity contribution < 1.29 is 9.50 Å². The van der Waals surface area contributed by atoms with E-state index in [4.69, 9.17) is 5.11 Å². The van der Waals surface area contributed by atoms with Crippen molar-refractivity contribution in [3.8, 4) is 0 Å². The third-order valence-corrected chi connectivity index (χ3v) is 2.81. The minimum atomic E-state index is -0.176. The third-order valence-electron chi connectivity index (χ3n) is 2.81. The number of hydrogen-bond acceptors (Lipinski definition) is 2. The van der Waals surface area contributed by atoms with E-state index >= 15 is 0 Å². The molecule has 0 aliphatic heterocycles. The summed E-state index contributed by atoms with van der Waals surface area (Å²) in [6.07, 6.45) is 0. The summed E-state index contributed by atoms with van der Waals surface area (Å²) in [5, 5.41) is 12.4. The first kappa shape index (κ1) is 13.1. The van der Waals surface area contributed by atoms with Gasteiger partial charge < -0.3 is 10.4 Å². The highest BCUT2D eigenvalue weighted by atomic mass is 19.1. The predicted molar refractivity (Wildman–Crippen MR) is 63.7 cm³/mol. The summed E-state index contributed by atoms with van der Waals surface area (Å²) >= 11 is 0. The van der Waals surface area contributed by atoms with Crippen LogP contribution in [0.15, 0.2) is 18.2 Å². The standard InChI is InChI=1S/C13H20FNO/c1-9(2)13(8-16)15-7-11-5-4-10(3)12(14)6-11/h4-6,9,13,15-16H,7-8H2,1-3H3. The number of rotatable bonds is 5. The molecule has 1 aromatic rings. The van der Waals surface area contributed by atoms with Gasteiger partial charge in [0, 0.05) is 12.6 Å². The Hall–Kier alpha value is -0.930. The molecule has 0 aromatic heterocycles. The van der Waals surface area contributed by atoms with Crippen LogP contribution < -0.4 is 5.32 Å². The quantitative estimate of drug-likeness (QED) is 0.805. The van der Waals surface area contributed by atoms with Crippen molar-refractivity contribution in [2.45, 2.75) is 33.4 Å². The number of hydrogen-bond donors (Lipinski definition) is 2. The van der Waals surface area contributed by atoms with Crippen molar-refractivity contribution in [1.82, 2.24) is 5.32 Å². The van der Waals surface area contributed by atoms with Gasteiger partial charge in [-0.3, -0.25) is 0 Å². The Morgan fingerprint density at radius 2 is 2.06 bits per heavy atom. The molecule has 16 heavy (non-hydrogen) atoms. The lowest BCUT2D eigenvalue weighted by Crippen LogP contribution is -2.36. The minimum Gasteiger partial charge on any atom is -0.395 e. The highest BCUT2D eigenvalue weighted by Gasteiger charge is 2.11. The van der Waals surface area contributed by atoms with Gasteiger partial charge in [-0.05, 0) is 30.0 Å². The fourth-order valence-corrected chi connectivity index (χ4v) is 1.51. The summed E-state index contributed by atoms with van der Waals surface area (Å²) in [5.41, 5.74) is 1.56. The number of halogens is 1. The van der Waals surface area contributed by atoms with Gasteiger partial charge in [0.2, 0.25) is 0 Å². The fourth-order valence-electron chi connectivity index (χ4n) is 1.51. The Kier molecular flexibility index (Phi) is 4.90. The van der Waals surface area contributed by atoms with Gasteiger partial charge in [0.05, 0.1) is 6.61 Å². The summed E-state index contributed by atoms with van der Waals surface area (Å²) in [5.74, 6) is 0.185. The molecule has 3 heteroatoms. The second-order valence-electron chi connectivity index (χ2n) is 4.50. The lowest BCUT2D eigenvalue weighted by atomic mass is 10.0. The molecule has 90 valence electrons. The molecule has 1 atom stereocenters. The zero-order valence-corrected chi connectivity index (χ0v) is 10.1. The molecule has 0 bridgehead atoms. The molecular weight excluding hydrogens is 205 g/mol. The number of aryl methyl sites for hydroxylation is 1. The van der Waals surface area contributed by atoms with Crippen molar-refractivity contribution in [2.75, 3.05) is 6.61 Å². The van der Waals surface area contributed by atoms with Crippen molar-refractivity contribution in [2.24, 2.45) is 5.92 Å². The second-order valence-corrected chi connectivity index (χ2v) is 4.50. The molecule has 0 spiro atoms. The molecule has 0 radical (unpaired) electrons. The normalized spacial score (nSPS) is 13.1. The van der Waals surface area contributed by atoms with Gasteiger partial charge >= 0.3 is 0 Å². The first-order valence-corrected chi connectivity index (χ1v) is 5.64. The molecule has 0 aliphatic rings. The smallest absolute Gasteiger partial charge is 0.126 e. The summed E-state index contributed by atoms with van der Waals surface area (Å²) in [6.45, 7) is 6.52. The molecule has 2 N–H and O–H groups in total. The second kappa shape index (κ2) is 5.97. The molecule has 1 aromatic carbocycles. The van der Waals surface area contributed by atoms with Crippen LogP contribution in [0.3, 0.4) is 0 Å². The lowest BCUT2D eigenvalue weighted by molar-refractivity contribution is 0.210. The number of benzene rings is 1. The van der Waals surface area contributed by atoms with Crippen molar-refractivity contribution >= 4 is 0 Å². The number of aliphatic hydroxyl groups excluding tert-OH is 1. The Morgan fingerprint density at radius 1 is 1.38 bits per heavy atom. The van der Waals surface area contributed by atoms with E-state index in [0.29, 0.717) is 18.0 Å². The van der Waals surface area contributed by atoms with Crippen LogP contribution in [-0.4, -0.2) is 17.8 Å². The summed E-state index contributed by atoms with van der Waals surface area (Å²) in [6, 6.07) is 5.27. The highest BCUT2D eigenvalue weighted by Crippen LogP contribution is 2.10. The highest BCUT2D eigenvalue weighted by molar-refractivity contribution is 5.23. The average Bonchev–Trinajstić information content (AvgIpc) is 2.23. The molecule has 2 nitrogen and oxygen atoms in total. The van der Waals surface area contributed by atoms with Crippen LogP contribution in [0.2, 0.25) is 0 Å². The molecule has 0 heterocycles. The van der Waals surface area contributed by atoms with Crippen LogP contribution in [0.4, 0.5) is 4.39 Å². The van der Waals surface area contributed by atoms with E-state index in [9.17, 15) is 4.39 Å². The van der Waals surface area contributed by atoms with Crippen LogP contribution in [0, 0.1) is 18.7 Å². The van der Waals surface area contributed by atoms with Crippen molar-refractivity contribution in [1.29, 1.82) is 0 Å². The first-order chi connectivity index (χ1) is 7.54. The van der Waals surface area contributed by atoms with E-state index in [-0.39, 0.29) is 18.5 Å². The van der Waals surface area contributed by atoms with Gasteiger partial charge in [-0.15, -0.1) is 0 Å². The van der Waals surface area contributed by atoms with Gasteiger partial charge in [0.25, 0.3) is 0 Å². The van der Waals surface area contributed by atoms with Gasteiger partial charge in [-0.1, -0.05) is 26.0 Å². The monoisotopic (exact) mass is 225 g/mol. The average molecular weight is 225 g/mol. The van der Waals surface area contributed by atoms with Crippen LogP contribution in [0.1, 0.15) is 25.0 Å². The molecule has 0 fully saturated rings. The number of aliphatic hydroxyl groups is 1. The van der Waals surface area contributed by atoms with E-state index in [1.165, 1.54) is 6.07 Å². The lowest BCUT2D eigenvalue weighted by Gasteiger charge is -2.20. The summed E-state index contributed by atoms with van der Waals surface area (Å²) in [4.78, 5) is 0. The molecular formula is C13H20FNO. The van der Waals surface area contributed by atoms with Crippen LogP contribution >= 0.6 is 0 Å². The van der Waals surface area contributed by atoms with Gasteiger partial charge in [-0.25, -0.2) is 4.39 Å². The van der Waals surface area contributed by atoms with E-state index in [2.05, 4.69) is 5.32 Å². The topological polar surface area (TPSA) is 32.3 Å². The molecule has 0 amide bonds. The Morgan fingerprint density at radius 3 is 2.56 bits per heavy atom. The predicted octanol–water partition coefficient (Wildman–Crippen LogP) is 2.24. The fraction of sp³-hybridized carbons (Fsp3) is 0.538. The molecule has 0 aliphatic carbocycles. The van der Waals surface area contributed by atoms with E-state index in [1.54, 1.807) is 13.0 Å². The van der Waals surface area contributed by atoms with E-state index in [0.717, 1.165) is 5.56 Å². The zero-order chi connectivity index (χ0) is 12.1. The van der Waals surface area contributed by atoms with Crippen molar-refractivity contribution in [3.05, 3.63) is 35.1 Å². The minimum absolute atomic E-state index is 0.0596. The Labute approximate surface area is 96.5 Å². The Balaban J connectivity index is 2.57. The van der Waals surface area contributed by atoms with Crippen LogP contribution in [0.5, 0.6) is 0 Å². The van der Waals surface area contributed by atoms with Gasteiger partial charge in [-0.2, -0.15) is 0 Å². The van der Waals surface area contributed by atoms with Gasteiger partial charge in [0.1, 0.15) is 5.82 Å². The van der Waals surface area contributed by atoms with Crippen LogP contribution in [-0.2, 0) is 6.54 Å². The largest absolute Gasteiger partial charge is 0.395 e.